The molecule has 3 aromatic rings. The summed E-state index contributed by atoms with van der Waals surface area (Å²) in [6.07, 6.45) is 0. The van der Waals surface area contributed by atoms with Crippen LogP contribution in [-0.2, 0) is 0 Å². The summed E-state index contributed by atoms with van der Waals surface area (Å²) in [6, 6.07) is 12.2. The zero-order valence-electron chi connectivity index (χ0n) is 12.9. The molecule has 3 rings (SSSR count). The summed E-state index contributed by atoms with van der Waals surface area (Å²) in [5.74, 6) is -0.145. The third-order valence-electron chi connectivity index (χ3n) is 3.56. The standard InChI is InChI=1S/C16H9BrN4O5/c17-12-7-10(20(23)24)8-13(21(25)26)16(12)19-18-15-11-4-2-1-3-9(11)5-6-14(15)22/h1-8,22H. The molecule has 10 heteroatoms. The first-order chi connectivity index (χ1) is 12.4. The molecule has 0 saturated heterocycles. The summed E-state index contributed by atoms with van der Waals surface area (Å²) in [7, 11) is 0. The van der Waals surface area contributed by atoms with E-state index in [4.69, 9.17) is 0 Å². The third kappa shape index (κ3) is 3.22. The molecule has 26 heavy (non-hydrogen) atoms. The van der Waals surface area contributed by atoms with Crippen molar-refractivity contribution < 1.29 is 15.0 Å². The molecule has 0 unspecified atom stereocenters. The van der Waals surface area contributed by atoms with E-state index in [2.05, 4.69) is 26.2 Å². The molecule has 0 atom stereocenters. The van der Waals surface area contributed by atoms with Gasteiger partial charge in [0, 0.05) is 11.5 Å². The van der Waals surface area contributed by atoms with Gasteiger partial charge in [-0.1, -0.05) is 30.3 Å². The maximum atomic E-state index is 11.3. The lowest BCUT2D eigenvalue weighted by atomic mass is 10.1. The summed E-state index contributed by atoms with van der Waals surface area (Å²) < 4.78 is 0.0434. The Morgan fingerprint density at radius 3 is 2.31 bits per heavy atom. The second-order valence-corrected chi connectivity index (χ2v) is 6.02. The van der Waals surface area contributed by atoms with Crippen LogP contribution in [0, 0.1) is 20.2 Å². The second kappa shape index (κ2) is 6.84. The Labute approximate surface area is 154 Å². The van der Waals surface area contributed by atoms with E-state index in [-0.39, 0.29) is 21.6 Å². The molecule has 0 spiro atoms. The van der Waals surface area contributed by atoms with Gasteiger partial charge in [-0.15, -0.1) is 10.2 Å². The Hall–Kier alpha value is -3.40. The zero-order valence-corrected chi connectivity index (χ0v) is 14.5. The average molecular weight is 417 g/mol. The van der Waals surface area contributed by atoms with E-state index in [9.17, 15) is 25.3 Å². The molecule has 3 aromatic carbocycles. The van der Waals surface area contributed by atoms with Crippen molar-refractivity contribution in [3.05, 3.63) is 73.2 Å². The van der Waals surface area contributed by atoms with Crippen molar-refractivity contribution in [3.63, 3.8) is 0 Å². The summed E-state index contributed by atoms with van der Waals surface area (Å²) in [5, 5.41) is 41.4. The summed E-state index contributed by atoms with van der Waals surface area (Å²) in [4.78, 5) is 20.6. The number of nitrogens with zero attached hydrogens (tertiary/aromatic N) is 4. The van der Waals surface area contributed by atoms with Gasteiger partial charge in [0.2, 0.25) is 0 Å². The predicted octanol–water partition coefficient (Wildman–Crippen LogP) is 5.54. The first-order valence-electron chi connectivity index (χ1n) is 7.13. The highest BCUT2D eigenvalue weighted by atomic mass is 79.9. The van der Waals surface area contributed by atoms with Crippen LogP contribution in [0.4, 0.5) is 22.7 Å². The minimum absolute atomic E-state index is 0.0434. The van der Waals surface area contributed by atoms with Crippen molar-refractivity contribution in [1.29, 1.82) is 0 Å². The first kappa shape index (κ1) is 17.4. The molecule has 0 aliphatic heterocycles. The van der Waals surface area contributed by atoms with Gasteiger partial charge in [0.1, 0.15) is 11.4 Å². The van der Waals surface area contributed by atoms with Crippen LogP contribution in [-0.4, -0.2) is 15.0 Å². The number of azo groups is 1. The number of non-ortho nitro benzene ring substituents is 1. The minimum Gasteiger partial charge on any atom is -0.506 e. The zero-order chi connectivity index (χ0) is 18.8. The number of phenolic OH excluding ortho intramolecular Hbond substituents is 1. The number of halogens is 1. The fourth-order valence-electron chi connectivity index (χ4n) is 2.36. The van der Waals surface area contributed by atoms with E-state index >= 15 is 0 Å². The smallest absolute Gasteiger partial charge is 0.304 e. The normalized spacial score (nSPS) is 11.1. The van der Waals surface area contributed by atoms with Crippen LogP contribution in [0.2, 0.25) is 0 Å². The average Bonchev–Trinajstić information content (AvgIpc) is 2.61. The Morgan fingerprint density at radius 1 is 0.923 bits per heavy atom. The quantitative estimate of drug-likeness (QED) is 0.338. The molecule has 0 radical (unpaired) electrons. The minimum atomic E-state index is -0.783. The Kier molecular flexibility index (Phi) is 4.59. The number of phenols is 1. The van der Waals surface area contributed by atoms with Crippen molar-refractivity contribution in [2.24, 2.45) is 10.2 Å². The van der Waals surface area contributed by atoms with Gasteiger partial charge >= 0.3 is 5.69 Å². The molecule has 0 aliphatic rings. The molecule has 0 saturated carbocycles. The molecule has 0 aliphatic carbocycles. The van der Waals surface area contributed by atoms with Crippen molar-refractivity contribution in [2.45, 2.75) is 0 Å². The predicted molar refractivity (Wildman–Crippen MR) is 97.2 cm³/mol. The van der Waals surface area contributed by atoms with Gasteiger partial charge in [-0.25, -0.2) is 0 Å². The van der Waals surface area contributed by atoms with Gasteiger partial charge in [0.15, 0.2) is 5.69 Å². The van der Waals surface area contributed by atoms with Crippen LogP contribution in [0.3, 0.4) is 0 Å². The topological polar surface area (TPSA) is 131 Å². The fourth-order valence-corrected chi connectivity index (χ4v) is 2.88. The van der Waals surface area contributed by atoms with Crippen LogP contribution in [0.1, 0.15) is 0 Å². The van der Waals surface area contributed by atoms with Crippen molar-refractivity contribution in [1.82, 2.24) is 0 Å². The Morgan fingerprint density at radius 2 is 1.62 bits per heavy atom. The van der Waals surface area contributed by atoms with Crippen molar-refractivity contribution in [2.75, 3.05) is 0 Å². The van der Waals surface area contributed by atoms with Crippen molar-refractivity contribution >= 4 is 49.5 Å². The SMILES string of the molecule is O=[N+]([O-])c1cc(Br)c(N=Nc2c(O)ccc3ccccc23)c([N+](=O)[O-])c1. The van der Waals surface area contributed by atoms with Crippen LogP contribution < -0.4 is 0 Å². The molecule has 0 heterocycles. The molecule has 130 valence electrons. The maximum Gasteiger partial charge on any atom is 0.304 e. The van der Waals surface area contributed by atoms with Crippen LogP contribution in [0.5, 0.6) is 5.75 Å². The van der Waals surface area contributed by atoms with Gasteiger partial charge in [-0.3, -0.25) is 20.2 Å². The number of benzene rings is 3. The lowest BCUT2D eigenvalue weighted by Gasteiger charge is -2.04. The van der Waals surface area contributed by atoms with E-state index in [0.29, 0.717) is 5.39 Å². The molecular formula is C16H9BrN4O5. The van der Waals surface area contributed by atoms with E-state index < -0.39 is 21.2 Å². The molecule has 9 nitrogen and oxygen atoms in total. The largest absolute Gasteiger partial charge is 0.506 e. The van der Waals surface area contributed by atoms with E-state index in [0.717, 1.165) is 17.5 Å². The van der Waals surface area contributed by atoms with Gasteiger partial charge < -0.3 is 5.11 Å². The second-order valence-electron chi connectivity index (χ2n) is 5.16. The highest BCUT2D eigenvalue weighted by molar-refractivity contribution is 9.10. The van der Waals surface area contributed by atoms with E-state index in [1.54, 1.807) is 18.2 Å². The van der Waals surface area contributed by atoms with E-state index in [1.165, 1.54) is 6.07 Å². The van der Waals surface area contributed by atoms with Crippen LogP contribution in [0.25, 0.3) is 10.8 Å². The molecular weight excluding hydrogens is 408 g/mol. The van der Waals surface area contributed by atoms with E-state index in [1.807, 2.05) is 12.1 Å². The molecule has 0 bridgehead atoms. The number of nitro groups is 2. The first-order valence-corrected chi connectivity index (χ1v) is 7.92. The Bertz CT molecular complexity index is 1080. The molecule has 1 N–H and O–H groups in total. The lowest BCUT2D eigenvalue weighted by molar-refractivity contribution is -0.393. The van der Waals surface area contributed by atoms with Crippen LogP contribution >= 0.6 is 15.9 Å². The monoisotopic (exact) mass is 416 g/mol. The van der Waals surface area contributed by atoms with Gasteiger partial charge in [0.25, 0.3) is 5.69 Å². The van der Waals surface area contributed by atoms with Gasteiger partial charge in [0.05, 0.1) is 20.4 Å². The highest BCUT2D eigenvalue weighted by Crippen LogP contribution is 2.41. The Balaban J connectivity index is 2.17. The van der Waals surface area contributed by atoms with Crippen molar-refractivity contribution in [3.8, 4) is 5.75 Å². The number of fused-ring (bicyclic) bond motifs is 1. The molecule has 0 amide bonds. The number of aromatic hydroxyl groups is 1. The number of rotatable bonds is 4. The lowest BCUT2D eigenvalue weighted by Crippen LogP contribution is -1.93. The maximum absolute atomic E-state index is 11.3. The summed E-state index contributed by atoms with van der Waals surface area (Å²) in [6.45, 7) is 0. The number of hydrogen-bond acceptors (Lipinski definition) is 7. The van der Waals surface area contributed by atoms with Gasteiger partial charge in [-0.2, -0.15) is 0 Å². The van der Waals surface area contributed by atoms with Crippen LogP contribution in [0.15, 0.2) is 63.2 Å². The number of hydrogen-bond donors (Lipinski definition) is 1. The summed E-state index contributed by atoms with van der Waals surface area (Å²) in [5.41, 5.74) is -1.07. The number of nitro benzene ring substituents is 2. The fraction of sp³-hybridized carbons (Fsp3) is 0. The summed E-state index contributed by atoms with van der Waals surface area (Å²) >= 11 is 3.05. The molecule has 0 fully saturated rings. The highest BCUT2D eigenvalue weighted by Gasteiger charge is 2.23. The third-order valence-corrected chi connectivity index (χ3v) is 4.17. The molecule has 0 aromatic heterocycles. The van der Waals surface area contributed by atoms with Gasteiger partial charge in [-0.05, 0) is 27.4 Å².